The zero-order valence-corrected chi connectivity index (χ0v) is 9.53. The SMILES string of the molecule is C(#CC1SCCCS1)c1ccccc1. The van der Waals surface area contributed by atoms with Crippen LogP contribution in [0.1, 0.15) is 12.0 Å². The Hall–Kier alpha value is -0.520. The third kappa shape index (κ3) is 3.01. The molecule has 0 amide bonds. The zero-order chi connectivity index (χ0) is 9.64. The Labute approximate surface area is 93.9 Å². The van der Waals surface area contributed by atoms with Gasteiger partial charge in [0.15, 0.2) is 0 Å². The Balaban J connectivity index is 1.99. The Kier molecular flexibility index (Phi) is 3.85. The van der Waals surface area contributed by atoms with Crippen molar-refractivity contribution < 1.29 is 0 Å². The molecule has 0 saturated carbocycles. The Morgan fingerprint density at radius 2 is 1.79 bits per heavy atom. The number of rotatable bonds is 0. The van der Waals surface area contributed by atoms with Crippen molar-refractivity contribution in [3.63, 3.8) is 0 Å². The van der Waals surface area contributed by atoms with Crippen molar-refractivity contribution in [2.75, 3.05) is 11.5 Å². The summed E-state index contributed by atoms with van der Waals surface area (Å²) in [7, 11) is 0. The molecule has 1 saturated heterocycles. The quantitative estimate of drug-likeness (QED) is 0.616. The van der Waals surface area contributed by atoms with Gasteiger partial charge in [0.05, 0.1) is 0 Å². The molecule has 72 valence electrons. The van der Waals surface area contributed by atoms with Crippen LogP contribution in [0.2, 0.25) is 0 Å². The molecule has 1 aliphatic rings. The summed E-state index contributed by atoms with van der Waals surface area (Å²) in [5.41, 5.74) is 1.12. The minimum atomic E-state index is 0.490. The summed E-state index contributed by atoms with van der Waals surface area (Å²) in [4.78, 5) is 0. The molecule has 0 nitrogen and oxygen atoms in total. The highest BCUT2D eigenvalue weighted by Gasteiger charge is 2.10. The van der Waals surface area contributed by atoms with E-state index in [9.17, 15) is 0 Å². The lowest BCUT2D eigenvalue weighted by Gasteiger charge is -2.14. The monoisotopic (exact) mass is 220 g/mol. The Morgan fingerprint density at radius 1 is 1.07 bits per heavy atom. The van der Waals surface area contributed by atoms with Crippen molar-refractivity contribution in [3.05, 3.63) is 35.9 Å². The summed E-state index contributed by atoms with van der Waals surface area (Å²) in [5, 5.41) is 0. The van der Waals surface area contributed by atoms with Gasteiger partial charge in [0.1, 0.15) is 4.58 Å². The molecule has 1 aromatic rings. The second-order valence-electron chi connectivity index (χ2n) is 3.06. The van der Waals surface area contributed by atoms with Gasteiger partial charge in [-0.2, -0.15) is 0 Å². The molecule has 0 unspecified atom stereocenters. The summed E-state index contributed by atoms with van der Waals surface area (Å²) in [6, 6.07) is 10.2. The van der Waals surface area contributed by atoms with Gasteiger partial charge in [-0.3, -0.25) is 0 Å². The molecule has 2 heteroatoms. The molecule has 0 bridgehead atoms. The van der Waals surface area contributed by atoms with Crippen LogP contribution in [0.25, 0.3) is 0 Å². The molecular weight excluding hydrogens is 208 g/mol. The van der Waals surface area contributed by atoms with E-state index in [1.54, 1.807) is 0 Å². The Morgan fingerprint density at radius 3 is 2.50 bits per heavy atom. The first-order valence-electron chi connectivity index (χ1n) is 4.75. The van der Waals surface area contributed by atoms with Crippen LogP contribution in [0.5, 0.6) is 0 Å². The molecule has 2 rings (SSSR count). The van der Waals surface area contributed by atoms with Crippen LogP contribution in [-0.2, 0) is 0 Å². The van der Waals surface area contributed by atoms with E-state index >= 15 is 0 Å². The highest BCUT2D eigenvalue weighted by molar-refractivity contribution is 8.17. The molecular formula is C12H12S2. The van der Waals surface area contributed by atoms with E-state index < -0.39 is 0 Å². The lowest BCUT2D eigenvalue weighted by molar-refractivity contribution is 1.11. The fourth-order valence-electron chi connectivity index (χ4n) is 1.23. The van der Waals surface area contributed by atoms with Crippen LogP contribution in [-0.4, -0.2) is 16.1 Å². The van der Waals surface area contributed by atoms with Crippen molar-refractivity contribution in [1.82, 2.24) is 0 Å². The molecule has 1 heterocycles. The Bertz CT molecular complexity index is 328. The van der Waals surface area contributed by atoms with Gasteiger partial charge in [0.2, 0.25) is 0 Å². The minimum Gasteiger partial charge on any atom is -0.135 e. The number of benzene rings is 1. The third-order valence-corrected chi connectivity index (χ3v) is 4.64. The van der Waals surface area contributed by atoms with Crippen molar-refractivity contribution in [2.24, 2.45) is 0 Å². The van der Waals surface area contributed by atoms with Crippen LogP contribution >= 0.6 is 23.5 Å². The van der Waals surface area contributed by atoms with Gasteiger partial charge in [-0.1, -0.05) is 30.0 Å². The van der Waals surface area contributed by atoms with Gasteiger partial charge < -0.3 is 0 Å². The lowest BCUT2D eigenvalue weighted by Crippen LogP contribution is -2.03. The maximum absolute atomic E-state index is 3.31. The lowest BCUT2D eigenvalue weighted by atomic mass is 10.2. The van der Waals surface area contributed by atoms with Gasteiger partial charge in [-0.15, -0.1) is 23.5 Å². The molecule has 0 N–H and O–H groups in total. The van der Waals surface area contributed by atoms with Crippen LogP contribution < -0.4 is 0 Å². The average Bonchev–Trinajstić information content (AvgIpc) is 2.29. The van der Waals surface area contributed by atoms with E-state index in [1.165, 1.54) is 17.9 Å². The van der Waals surface area contributed by atoms with E-state index in [-0.39, 0.29) is 0 Å². The molecule has 0 atom stereocenters. The van der Waals surface area contributed by atoms with Crippen LogP contribution in [0.15, 0.2) is 30.3 Å². The normalized spacial score (nSPS) is 17.1. The predicted molar refractivity (Wildman–Crippen MR) is 66.6 cm³/mol. The van der Waals surface area contributed by atoms with Crippen molar-refractivity contribution in [2.45, 2.75) is 11.0 Å². The molecule has 0 spiro atoms. The summed E-state index contributed by atoms with van der Waals surface area (Å²) < 4.78 is 0.490. The summed E-state index contributed by atoms with van der Waals surface area (Å²) in [5.74, 6) is 9.07. The number of hydrogen-bond donors (Lipinski definition) is 0. The van der Waals surface area contributed by atoms with Gasteiger partial charge >= 0.3 is 0 Å². The molecule has 14 heavy (non-hydrogen) atoms. The largest absolute Gasteiger partial charge is 0.135 e. The summed E-state index contributed by atoms with van der Waals surface area (Å²) in [6.07, 6.45) is 1.33. The second kappa shape index (κ2) is 5.38. The first kappa shape index (κ1) is 10.0. The van der Waals surface area contributed by atoms with Gasteiger partial charge in [-0.05, 0) is 30.1 Å². The molecule has 0 aromatic heterocycles. The second-order valence-corrected chi connectivity index (χ2v) is 5.79. The van der Waals surface area contributed by atoms with Gasteiger partial charge in [0.25, 0.3) is 0 Å². The maximum atomic E-state index is 3.31. The van der Waals surface area contributed by atoms with E-state index in [4.69, 9.17) is 0 Å². The fraction of sp³-hybridized carbons (Fsp3) is 0.333. The van der Waals surface area contributed by atoms with E-state index in [0.29, 0.717) is 4.58 Å². The van der Waals surface area contributed by atoms with Crippen LogP contribution in [0.3, 0.4) is 0 Å². The third-order valence-electron chi connectivity index (χ3n) is 1.94. The highest BCUT2D eigenvalue weighted by Crippen LogP contribution is 2.29. The molecule has 0 aliphatic carbocycles. The number of thioether (sulfide) groups is 2. The topological polar surface area (TPSA) is 0 Å². The molecule has 0 radical (unpaired) electrons. The van der Waals surface area contributed by atoms with Crippen LogP contribution in [0, 0.1) is 11.8 Å². The smallest absolute Gasteiger partial charge is 0.111 e. The zero-order valence-electron chi connectivity index (χ0n) is 7.90. The predicted octanol–water partition coefficient (Wildman–Crippen LogP) is 3.23. The first-order chi connectivity index (χ1) is 6.95. The first-order valence-corrected chi connectivity index (χ1v) is 6.85. The molecule has 1 aliphatic heterocycles. The van der Waals surface area contributed by atoms with Crippen LogP contribution in [0.4, 0.5) is 0 Å². The highest BCUT2D eigenvalue weighted by atomic mass is 32.2. The van der Waals surface area contributed by atoms with Crippen molar-refractivity contribution in [1.29, 1.82) is 0 Å². The summed E-state index contributed by atoms with van der Waals surface area (Å²) >= 11 is 3.94. The van der Waals surface area contributed by atoms with Crippen molar-refractivity contribution >= 4 is 23.5 Å². The minimum absolute atomic E-state index is 0.490. The fourth-order valence-corrected chi connectivity index (χ4v) is 3.71. The molecule has 1 fully saturated rings. The molecule has 1 aromatic carbocycles. The average molecular weight is 220 g/mol. The number of hydrogen-bond acceptors (Lipinski definition) is 2. The van der Waals surface area contributed by atoms with Crippen molar-refractivity contribution in [3.8, 4) is 11.8 Å². The van der Waals surface area contributed by atoms with E-state index in [2.05, 4.69) is 24.0 Å². The van der Waals surface area contributed by atoms with E-state index in [1.807, 2.05) is 41.7 Å². The summed E-state index contributed by atoms with van der Waals surface area (Å²) in [6.45, 7) is 0. The standard InChI is InChI=1S/C12H12S2/c1-2-5-11(6-3-1)7-8-12-13-9-4-10-14-12/h1-3,5-6,12H,4,9-10H2. The maximum Gasteiger partial charge on any atom is 0.111 e. The van der Waals surface area contributed by atoms with E-state index in [0.717, 1.165) is 5.56 Å². The van der Waals surface area contributed by atoms with Gasteiger partial charge in [0, 0.05) is 5.56 Å². The van der Waals surface area contributed by atoms with Gasteiger partial charge in [-0.25, -0.2) is 0 Å².